The van der Waals surface area contributed by atoms with Crippen molar-refractivity contribution >= 4 is 17.6 Å². The Morgan fingerprint density at radius 3 is 2.69 bits per heavy atom. The summed E-state index contributed by atoms with van der Waals surface area (Å²) in [5.41, 5.74) is 8.04. The van der Waals surface area contributed by atoms with Gasteiger partial charge in [0.25, 0.3) is 0 Å². The van der Waals surface area contributed by atoms with Gasteiger partial charge in [0.1, 0.15) is 5.82 Å². The van der Waals surface area contributed by atoms with E-state index in [0.717, 1.165) is 27.7 Å². The Morgan fingerprint density at radius 2 is 2.19 bits per heavy atom. The third-order valence-corrected chi connectivity index (χ3v) is 3.44. The van der Waals surface area contributed by atoms with Crippen molar-refractivity contribution in [2.75, 3.05) is 5.73 Å². The second kappa shape index (κ2) is 4.21. The van der Waals surface area contributed by atoms with Crippen LogP contribution >= 0.6 is 11.8 Å². The van der Waals surface area contributed by atoms with Crippen LogP contribution in [0, 0.1) is 6.92 Å². The van der Waals surface area contributed by atoms with Crippen LogP contribution in [0.15, 0.2) is 17.3 Å². The maximum atomic E-state index is 5.94. The lowest BCUT2D eigenvalue weighted by atomic mass is 10.3. The summed E-state index contributed by atoms with van der Waals surface area (Å²) in [7, 11) is 3.77. The first-order chi connectivity index (χ1) is 7.58. The Morgan fingerprint density at radius 1 is 1.44 bits per heavy atom. The summed E-state index contributed by atoms with van der Waals surface area (Å²) < 4.78 is 3.51. The molecular formula is C10H15N5S. The van der Waals surface area contributed by atoms with Crippen molar-refractivity contribution in [2.45, 2.75) is 17.6 Å². The molecule has 0 atom stereocenters. The lowest BCUT2D eigenvalue weighted by Gasteiger charge is -1.99. The lowest BCUT2D eigenvalue weighted by Crippen LogP contribution is -1.98. The number of rotatable bonds is 3. The van der Waals surface area contributed by atoms with Gasteiger partial charge in [0.2, 0.25) is 0 Å². The average molecular weight is 237 g/mol. The fourth-order valence-electron chi connectivity index (χ4n) is 1.53. The predicted octanol–water partition coefficient (Wildman–Crippen LogP) is 1.34. The van der Waals surface area contributed by atoms with Crippen LogP contribution in [-0.2, 0) is 19.8 Å². The van der Waals surface area contributed by atoms with Gasteiger partial charge in [-0.3, -0.25) is 9.36 Å². The van der Waals surface area contributed by atoms with E-state index in [-0.39, 0.29) is 0 Å². The zero-order valence-corrected chi connectivity index (χ0v) is 10.5. The molecule has 2 rings (SSSR count). The van der Waals surface area contributed by atoms with Crippen LogP contribution in [0.4, 0.5) is 5.82 Å². The molecule has 0 aliphatic heterocycles. The highest BCUT2D eigenvalue weighted by molar-refractivity contribution is 7.98. The van der Waals surface area contributed by atoms with Crippen molar-refractivity contribution < 1.29 is 0 Å². The van der Waals surface area contributed by atoms with Crippen molar-refractivity contribution in [3.05, 3.63) is 23.7 Å². The highest BCUT2D eigenvalue weighted by atomic mass is 32.2. The van der Waals surface area contributed by atoms with Crippen LogP contribution in [0.5, 0.6) is 0 Å². The average Bonchev–Trinajstić information content (AvgIpc) is 2.72. The van der Waals surface area contributed by atoms with E-state index in [2.05, 4.69) is 10.2 Å². The number of nitrogen functional groups attached to an aromatic ring is 1. The summed E-state index contributed by atoms with van der Waals surface area (Å²) >= 11 is 1.72. The van der Waals surface area contributed by atoms with Crippen molar-refractivity contribution in [3.8, 4) is 0 Å². The molecular weight excluding hydrogens is 222 g/mol. The molecule has 2 aromatic rings. The molecule has 0 aromatic carbocycles. The molecule has 0 saturated heterocycles. The van der Waals surface area contributed by atoms with Crippen LogP contribution in [0.25, 0.3) is 0 Å². The number of nitrogens with zero attached hydrogens (tertiary/aromatic N) is 4. The maximum absolute atomic E-state index is 5.94. The summed E-state index contributed by atoms with van der Waals surface area (Å²) in [5.74, 6) is 1.57. The standard InChI is InChI=1S/C10H15N5S/c1-7-9(10(11)15(3)13-7)6-16-8-4-12-14(2)5-8/h4-5H,6,11H2,1-3H3. The first-order valence-electron chi connectivity index (χ1n) is 4.97. The molecule has 6 heteroatoms. The molecule has 0 aliphatic carbocycles. The second-order valence-corrected chi connectivity index (χ2v) is 4.76. The molecule has 2 heterocycles. The number of nitrogens with two attached hydrogens (primary N) is 1. The number of aromatic nitrogens is 4. The van der Waals surface area contributed by atoms with E-state index in [4.69, 9.17) is 5.73 Å². The Balaban J connectivity index is 2.10. The van der Waals surface area contributed by atoms with E-state index in [1.54, 1.807) is 21.1 Å². The molecule has 5 nitrogen and oxygen atoms in total. The maximum Gasteiger partial charge on any atom is 0.125 e. The van der Waals surface area contributed by atoms with Crippen LogP contribution in [0.1, 0.15) is 11.3 Å². The highest BCUT2D eigenvalue weighted by Gasteiger charge is 2.10. The van der Waals surface area contributed by atoms with Crippen LogP contribution in [0.3, 0.4) is 0 Å². The minimum Gasteiger partial charge on any atom is -0.384 e. The van der Waals surface area contributed by atoms with Gasteiger partial charge < -0.3 is 5.73 Å². The molecule has 2 N–H and O–H groups in total. The summed E-state index contributed by atoms with van der Waals surface area (Å²) in [6.07, 6.45) is 3.85. The molecule has 16 heavy (non-hydrogen) atoms. The van der Waals surface area contributed by atoms with Crippen LogP contribution < -0.4 is 5.73 Å². The molecule has 0 unspecified atom stereocenters. The van der Waals surface area contributed by atoms with Crippen LogP contribution in [-0.4, -0.2) is 19.6 Å². The van der Waals surface area contributed by atoms with Gasteiger partial charge in [-0.05, 0) is 6.92 Å². The SMILES string of the molecule is Cc1nn(C)c(N)c1CSc1cnn(C)c1. The van der Waals surface area contributed by atoms with Crippen LogP contribution in [0.2, 0.25) is 0 Å². The van der Waals surface area contributed by atoms with E-state index in [1.807, 2.05) is 33.4 Å². The van der Waals surface area contributed by atoms with Crippen molar-refractivity contribution in [1.29, 1.82) is 0 Å². The fourth-order valence-corrected chi connectivity index (χ4v) is 2.54. The first kappa shape index (κ1) is 11.1. The minimum absolute atomic E-state index is 0.744. The Kier molecular flexibility index (Phi) is 2.91. The van der Waals surface area contributed by atoms with E-state index < -0.39 is 0 Å². The Bertz CT molecular complexity index is 499. The molecule has 0 saturated carbocycles. The fraction of sp³-hybridized carbons (Fsp3) is 0.400. The van der Waals surface area contributed by atoms with Gasteiger partial charge in [-0.25, -0.2) is 0 Å². The van der Waals surface area contributed by atoms with Gasteiger partial charge in [-0.2, -0.15) is 10.2 Å². The summed E-state index contributed by atoms with van der Waals surface area (Å²) in [5, 5.41) is 8.41. The predicted molar refractivity (Wildman–Crippen MR) is 65.1 cm³/mol. The number of hydrogen-bond donors (Lipinski definition) is 1. The van der Waals surface area contributed by atoms with Gasteiger partial charge in [0, 0.05) is 36.5 Å². The quantitative estimate of drug-likeness (QED) is 0.818. The Hall–Kier alpha value is -1.43. The lowest BCUT2D eigenvalue weighted by molar-refractivity contribution is 0.766. The highest BCUT2D eigenvalue weighted by Crippen LogP contribution is 2.26. The number of aryl methyl sites for hydroxylation is 3. The van der Waals surface area contributed by atoms with E-state index >= 15 is 0 Å². The zero-order chi connectivity index (χ0) is 11.7. The van der Waals surface area contributed by atoms with Crippen molar-refractivity contribution in [3.63, 3.8) is 0 Å². The second-order valence-electron chi connectivity index (χ2n) is 3.71. The number of hydrogen-bond acceptors (Lipinski definition) is 4. The Labute approximate surface area is 98.6 Å². The molecule has 0 fully saturated rings. The van der Waals surface area contributed by atoms with Gasteiger partial charge in [-0.15, -0.1) is 11.8 Å². The summed E-state index contributed by atoms with van der Waals surface area (Å²) in [6.45, 7) is 1.98. The van der Waals surface area contributed by atoms with E-state index in [9.17, 15) is 0 Å². The summed E-state index contributed by atoms with van der Waals surface area (Å²) in [4.78, 5) is 1.14. The van der Waals surface area contributed by atoms with E-state index in [0.29, 0.717) is 0 Å². The molecule has 0 spiro atoms. The topological polar surface area (TPSA) is 61.7 Å². The molecule has 0 aliphatic rings. The number of thioether (sulfide) groups is 1. The van der Waals surface area contributed by atoms with Gasteiger partial charge in [0.15, 0.2) is 0 Å². The normalized spacial score (nSPS) is 10.9. The van der Waals surface area contributed by atoms with Gasteiger partial charge >= 0.3 is 0 Å². The van der Waals surface area contributed by atoms with Gasteiger partial charge in [0.05, 0.1) is 11.9 Å². The van der Waals surface area contributed by atoms with Crippen molar-refractivity contribution in [1.82, 2.24) is 19.6 Å². The number of anilines is 1. The summed E-state index contributed by atoms with van der Waals surface area (Å²) in [6, 6.07) is 0. The van der Waals surface area contributed by atoms with Crippen molar-refractivity contribution in [2.24, 2.45) is 14.1 Å². The largest absolute Gasteiger partial charge is 0.384 e. The molecule has 2 aromatic heterocycles. The molecule has 0 radical (unpaired) electrons. The monoisotopic (exact) mass is 237 g/mol. The van der Waals surface area contributed by atoms with E-state index in [1.165, 1.54) is 0 Å². The zero-order valence-electron chi connectivity index (χ0n) is 9.64. The molecule has 0 bridgehead atoms. The van der Waals surface area contributed by atoms with Gasteiger partial charge in [-0.1, -0.05) is 0 Å². The first-order valence-corrected chi connectivity index (χ1v) is 5.96. The molecule has 0 amide bonds. The third kappa shape index (κ3) is 2.06. The smallest absolute Gasteiger partial charge is 0.125 e. The third-order valence-electron chi connectivity index (χ3n) is 2.46. The molecule has 86 valence electrons. The minimum atomic E-state index is 0.744.